The summed E-state index contributed by atoms with van der Waals surface area (Å²) >= 11 is 0. The molecule has 0 aliphatic heterocycles. The summed E-state index contributed by atoms with van der Waals surface area (Å²) in [6, 6.07) is 22.3. The van der Waals surface area contributed by atoms with Gasteiger partial charge in [-0.3, -0.25) is 5.43 Å². The van der Waals surface area contributed by atoms with Crippen LogP contribution in [-0.4, -0.2) is 15.9 Å². The number of anilines is 1. The Labute approximate surface area is 168 Å². The number of halogens is 1. The Hall–Kier alpha value is -3.86. The van der Waals surface area contributed by atoms with Crippen LogP contribution >= 0.6 is 0 Å². The van der Waals surface area contributed by atoms with Crippen molar-refractivity contribution in [2.24, 2.45) is 5.10 Å². The number of hydrogen-bond donors (Lipinski definition) is 1. The third-order valence-corrected chi connectivity index (χ3v) is 4.50. The molecular weight excluding hydrogens is 363 g/mol. The summed E-state index contributed by atoms with van der Waals surface area (Å²) in [5.74, 6) is 0.327. The second-order valence-corrected chi connectivity index (χ2v) is 6.64. The number of rotatable bonds is 5. The van der Waals surface area contributed by atoms with Crippen molar-refractivity contribution < 1.29 is 4.39 Å². The van der Waals surface area contributed by atoms with Crippen LogP contribution in [-0.2, 0) is 0 Å². The van der Waals surface area contributed by atoms with E-state index in [9.17, 15) is 4.39 Å². The summed E-state index contributed by atoms with van der Waals surface area (Å²) in [4.78, 5) is 0. The van der Waals surface area contributed by atoms with Crippen molar-refractivity contribution in [3.63, 3.8) is 0 Å². The standard InChI is InChI=1S/C24H19FN4/c1-17-6-11-19(12-7-17)23(15-10-18-8-13-21(25)14-9-18)27-29-24-22-5-3-2-4-20(22)16-26-28-24/h2-16H,1H3,(H,28,29)/b15-10+,27-23-. The average Bonchev–Trinajstić information content (AvgIpc) is 2.76. The van der Waals surface area contributed by atoms with Gasteiger partial charge in [-0.2, -0.15) is 10.2 Å². The highest BCUT2D eigenvalue weighted by molar-refractivity contribution is 6.11. The molecule has 0 aliphatic rings. The van der Waals surface area contributed by atoms with Crippen LogP contribution in [0.2, 0.25) is 0 Å². The molecule has 1 aromatic heterocycles. The molecule has 0 aliphatic carbocycles. The minimum atomic E-state index is -0.259. The molecule has 0 saturated carbocycles. The molecule has 1 heterocycles. The van der Waals surface area contributed by atoms with E-state index in [1.807, 2.05) is 67.6 Å². The molecule has 4 aromatic rings. The molecule has 0 bridgehead atoms. The number of hydrogen-bond acceptors (Lipinski definition) is 4. The molecule has 3 aromatic carbocycles. The number of aromatic nitrogens is 2. The van der Waals surface area contributed by atoms with Crippen molar-refractivity contribution in [1.82, 2.24) is 10.2 Å². The van der Waals surface area contributed by atoms with Crippen LogP contribution in [0.3, 0.4) is 0 Å². The summed E-state index contributed by atoms with van der Waals surface area (Å²) in [5.41, 5.74) is 6.78. The average molecular weight is 382 g/mol. The number of fused-ring (bicyclic) bond motifs is 1. The van der Waals surface area contributed by atoms with E-state index >= 15 is 0 Å². The Kier molecular flexibility index (Phi) is 5.38. The predicted octanol–water partition coefficient (Wildman–Crippen LogP) is 5.61. The van der Waals surface area contributed by atoms with Crippen LogP contribution in [0.15, 0.2) is 90.2 Å². The molecule has 0 saturated heterocycles. The van der Waals surface area contributed by atoms with Gasteiger partial charge in [-0.25, -0.2) is 4.39 Å². The minimum Gasteiger partial charge on any atom is -0.259 e. The topological polar surface area (TPSA) is 50.2 Å². The molecule has 0 fully saturated rings. The zero-order chi connectivity index (χ0) is 20.1. The van der Waals surface area contributed by atoms with E-state index in [0.717, 1.165) is 27.6 Å². The Morgan fingerprint density at radius 3 is 2.52 bits per heavy atom. The van der Waals surface area contributed by atoms with E-state index in [1.54, 1.807) is 18.3 Å². The lowest BCUT2D eigenvalue weighted by atomic mass is 10.1. The van der Waals surface area contributed by atoms with Crippen molar-refractivity contribution in [3.8, 4) is 0 Å². The second-order valence-electron chi connectivity index (χ2n) is 6.64. The monoisotopic (exact) mass is 382 g/mol. The van der Waals surface area contributed by atoms with E-state index in [2.05, 4.69) is 20.7 Å². The smallest absolute Gasteiger partial charge is 0.176 e. The molecule has 4 nitrogen and oxygen atoms in total. The fourth-order valence-corrected chi connectivity index (χ4v) is 2.90. The van der Waals surface area contributed by atoms with Gasteiger partial charge < -0.3 is 0 Å². The number of nitrogens with zero attached hydrogens (tertiary/aromatic N) is 3. The summed E-state index contributed by atoms with van der Waals surface area (Å²) in [7, 11) is 0. The van der Waals surface area contributed by atoms with Gasteiger partial charge in [0.15, 0.2) is 5.82 Å². The number of aryl methyl sites for hydroxylation is 1. The predicted molar refractivity (Wildman–Crippen MR) is 116 cm³/mol. The first-order valence-corrected chi connectivity index (χ1v) is 9.24. The molecule has 0 unspecified atom stereocenters. The lowest BCUT2D eigenvalue weighted by Gasteiger charge is -2.06. The van der Waals surface area contributed by atoms with Gasteiger partial charge >= 0.3 is 0 Å². The van der Waals surface area contributed by atoms with Crippen molar-refractivity contribution >= 4 is 28.4 Å². The first kappa shape index (κ1) is 18.5. The highest BCUT2D eigenvalue weighted by Gasteiger charge is 2.04. The van der Waals surface area contributed by atoms with Crippen LogP contribution in [0.5, 0.6) is 0 Å². The Bertz CT molecular complexity index is 1170. The maximum Gasteiger partial charge on any atom is 0.176 e. The van der Waals surface area contributed by atoms with Crippen molar-refractivity contribution in [3.05, 3.63) is 108 Å². The fourth-order valence-electron chi connectivity index (χ4n) is 2.90. The third-order valence-electron chi connectivity index (χ3n) is 4.50. The molecule has 29 heavy (non-hydrogen) atoms. The number of nitrogens with one attached hydrogen (secondary N) is 1. The molecule has 142 valence electrons. The number of benzene rings is 3. The van der Waals surface area contributed by atoms with Crippen LogP contribution < -0.4 is 5.43 Å². The van der Waals surface area contributed by atoms with E-state index < -0.39 is 0 Å². The summed E-state index contributed by atoms with van der Waals surface area (Å²) in [5, 5.41) is 14.7. The van der Waals surface area contributed by atoms with E-state index in [1.165, 1.54) is 17.7 Å². The first-order valence-electron chi connectivity index (χ1n) is 9.24. The van der Waals surface area contributed by atoms with Crippen LogP contribution in [0.4, 0.5) is 10.2 Å². The first-order chi connectivity index (χ1) is 14.2. The maximum atomic E-state index is 13.2. The van der Waals surface area contributed by atoms with Crippen LogP contribution in [0.25, 0.3) is 16.8 Å². The number of allylic oxidation sites excluding steroid dienone is 1. The zero-order valence-electron chi connectivity index (χ0n) is 15.9. The Morgan fingerprint density at radius 2 is 1.72 bits per heavy atom. The van der Waals surface area contributed by atoms with Crippen molar-refractivity contribution in [1.29, 1.82) is 0 Å². The molecule has 1 N–H and O–H groups in total. The number of hydrazone groups is 1. The Morgan fingerprint density at radius 1 is 0.966 bits per heavy atom. The largest absolute Gasteiger partial charge is 0.259 e. The van der Waals surface area contributed by atoms with Gasteiger partial charge in [0.2, 0.25) is 0 Å². The van der Waals surface area contributed by atoms with E-state index in [-0.39, 0.29) is 5.82 Å². The summed E-state index contributed by atoms with van der Waals surface area (Å²) in [6.45, 7) is 2.04. The zero-order valence-corrected chi connectivity index (χ0v) is 15.9. The highest BCUT2D eigenvalue weighted by atomic mass is 19.1. The van der Waals surface area contributed by atoms with Crippen LogP contribution in [0.1, 0.15) is 16.7 Å². The molecule has 5 heteroatoms. The van der Waals surface area contributed by atoms with Crippen molar-refractivity contribution in [2.45, 2.75) is 6.92 Å². The summed E-state index contributed by atoms with van der Waals surface area (Å²) < 4.78 is 13.2. The van der Waals surface area contributed by atoms with E-state index in [0.29, 0.717) is 5.82 Å². The highest BCUT2D eigenvalue weighted by Crippen LogP contribution is 2.19. The lowest BCUT2D eigenvalue weighted by molar-refractivity contribution is 0.628. The second kappa shape index (κ2) is 8.44. The molecule has 0 atom stereocenters. The minimum absolute atomic E-state index is 0.259. The van der Waals surface area contributed by atoms with Crippen LogP contribution in [0, 0.1) is 12.7 Å². The molecule has 0 radical (unpaired) electrons. The fraction of sp³-hybridized carbons (Fsp3) is 0.0417. The third kappa shape index (κ3) is 4.52. The van der Waals surface area contributed by atoms with Gasteiger partial charge in [-0.05, 0) is 30.7 Å². The van der Waals surface area contributed by atoms with Gasteiger partial charge in [0.25, 0.3) is 0 Å². The van der Waals surface area contributed by atoms with Gasteiger partial charge in [-0.15, -0.1) is 5.10 Å². The van der Waals surface area contributed by atoms with Crippen molar-refractivity contribution in [2.75, 3.05) is 5.43 Å². The molecule has 0 spiro atoms. The quantitative estimate of drug-likeness (QED) is 0.361. The van der Waals surface area contributed by atoms with Gasteiger partial charge in [0.05, 0.1) is 11.9 Å². The Balaban J connectivity index is 1.69. The van der Waals surface area contributed by atoms with Gasteiger partial charge in [-0.1, -0.05) is 72.3 Å². The van der Waals surface area contributed by atoms with E-state index in [4.69, 9.17) is 0 Å². The molecule has 0 amide bonds. The van der Waals surface area contributed by atoms with Gasteiger partial charge in [0, 0.05) is 16.3 Å². The maximum absolute atomic E-state index is 13.2. The lowest BCUT2D eigenvalue weighted by Crippen LogP contribution is -2.03. The summed E-state index contributed by atoms with van der Waals surface area (Å²) in [6.07, 6.45) is 5.51. The SMILES string of the molecule is Cc1ccc(C(/C=C/c2ccc(F)cc2)=N\Nc2nncc3ccccc23)cc1. The van der Waals surface area contributed by atoms with Gasteiger partial charge in [0.1, 0.15) is 5.82 Å². The normalized spacial score (nSPS) is 11.9. The molecular formula is C24H19FN4. The molecule has 4 rings (SSSR count).